The number of aromatic nitrogens is 6. The first-order valence-electron chi connectivity index (χ1n) is 22.3. The molecule has 19 heteroatoms. The zero-order valence-electron chi connectivity index (χ0n) is 39.4. The molecule has 354 valence electrons. The van der Waals surface area contributed by atoms with Gasteiger partial charge in [-0.3, -0.25) is 28.7 Å². The predicted molar refractivity (Wildman–Crippen MR) is 261 cm³/mol. The highest BCUT2D eigenvalue weighted by Gasteiger charge is 2.45. The third-order valence-corrected chi connectivity index (χ3v) is 14.6. The van der Waals surface area contributed by atoms with Crippen LogP contribution in [0.2, 0.25) is 0 Å². The van der Waals surface area contributed by atoms with Crippen LogP contribution < -0.4 is 16.0 Å². The lowest BCUT2D eigenvalue weighted by Gasteiger charge is -2.35. The van der Waals surface area contributed by atoms with Crippen molar-refractivity contribution in [1.29, 1.82) is 0 Å². The van der Waals surface area contributed by atoms with Crippen LogP contribution in [0.3, 0.4) is 0 Å². The lowest BCUT2D eigenvalue weighted by Crippen LogP contribution is -2.58. The average molecular weight is 958 g/mol. The van der Waals surface area contributed by atoms with Crippen molar-refractivity contribution in [3.05, 3.63) is 111 Å². The first-order valence-corrected chi connectivity index (χ1v) is 24.0. The van der Waals surface area contributed by atoms with Gasteiger partial charge in [0.1, 0.15) is 29.0 Å². The number of carbonyl (C=O) groups is 4. The van der Waals surface area contributed by atoms with Gasteiger partial charge in [0.2, 0.25) is 23.7 Å². The number of hydrogen-bond acceptors (Lipinski definition) is 15. The number of hydrogen-bond donors (Lipinski definition) is 4. The lowest BCUT2D eigenvalue weighted by atomic mass is 9.85. The molecule has 4 aromatic heterocycles. The Morgan fingerprint density at radius 3 is 2.22 bits per heavy atom. The lowest BCUT2D eigenvalue weighted by molar-refractivity contribution is -0.144. The van der Waals surface area contributed by atoms with E-state index in [-0.39, 0.29) is 43.8 Å². The number of likely N-dealkylation sites (tertiary alicyclic amines) is 1. The van der Waals surface area contributed by atoms with Gasteiger partial charge in [-0.1, -0.05) is 69.3 Å². The van der Waals surface area contributed by atoms with E-state index < -0.39 is 47.4 Å². The number of benzene rings is 2. The largest absolute Gasteiger partial charge is 0.469 e. The van der Waals surface area contributed by atoms with Gasteiger partial charge < -0.3 is 30.7 Å². The number of thiazole rings is 1. The smallest absolute Gasteiger partial charge is 0.308 e. The fourth-order valence-corrected chi connectivity index (χ4v) is 10.6. The Morgan fingerprint density at radius 2 is 1.57 bits per heavy atom. The van der Waals surface area contributed by atoms with E-state index in [2.05, 4.69) is 54.9 Å². The van der Waals surface area contributed by atoms with E-state index in [1.807, 2.05) is 100 Å². The van der Waals surface area contributed by atoms with Gasteiger partial charge in [0.05, 0.1) is 54.0 Å². The monoisotopic (exact) mass is 957 g/mol. The summed E-state index contributed by atoms with van der Waals surface area (Å²) in [5, 5.41) is 29.3. The van der Waals surface area contributed by atoms with Crippen LogP contribution in [-0.2, 0) is 23.9 Å². The molecule has 3 amide bonds. The Labute approximate surface area is 402 Å². The molecule has 6 heterocycles. The quantitative estimate of drug-likeness (QED) is 0.0928. The number of amides is 3. The maximum absolute atomic E-state index is 14.2. The Balaban J connectivity index is 0.905. The molecule has 1 fully saturated rings. The van der Waals surface area contributed by atoms with Gasteiger partial charge in [-0.15, -0.1) is 32.9 Å². The number of anilines is 1. The van der Waals surface area contributed by atoms with E-state index in [1.54, 1.807) is 35.1 Å². The summed E-state index contributed by atoms with van der Waals surface area (Å²) >= 11 is 3.20. The second-order valence-electron chi connectivity index (χ2n) is 18.3. The van der Waals surface area contributed by atoms with E-state index in [9.17, 15) is 24.3 Å². The summed E-state index contributed by atoms with van der Waals surface area (Å²) in [6.07, 6.45) is 2.49. The highest BCUT2D eigenvalue weighted by molar-refractivity contribution is 7.15. The normalized spacial score (nSPS) is 17.6. The number of ether oxygens (including phenoxy) is 1. The molecule has 2 aliphatic heterocycles. The van der Waals surface area contributed by atoms with Gasteiger partial charge in [0.15, 0.2) is 5.82 Å². The van der Waals surface area contributed by atoms with Crippen molar-refractivity contribution in [2.45, 2.75) is 98.5 Å². The predicted octanol–water partition coefficient (Wildman–Crippen LogP) is 6.38. The number of esters is 1. The second kappa shape index (κ2) is 19.5. The van der Waals surface area contributed by atoms with Gasteiger partial charge in [-0.05, 0) is 62.3 Å². The first kappa shape index (κ1) is 47.8. The van der Waals surface area contributed by atoms with Crippen LogP contribution in [0.15, 0.2) is 71.4 Å². The first-order chi connectivity index (χ1) is 32.4. The van der Waals surface area contributed by atoms with Crippen molar-refractivity contribution in [2.24, 2.45) is 10.4 Å². The van der Waals surface area contributed by atoms with Gasteiger partial charge in [0.25, 0.3) is 0 Å². The number of fused-ring (bicyclic) bond motifs is 3. The maximum atomic E-state index is 14.2. The molecule has 2 aliphatic rings. The van der Waals surface area contributed by atoms with E-state index in [1.165, 1.54) is 12.0 Å². The van der Waals surface area contributed by atoms with Gasteiger partial charge >= 0.3 is 5.97 Å². The molecule has 0 saturated carbocycles. The molecule has 0 radical (unpaired) electrons. The molecule has 6 aromatic rings. The molecule has 4 N–H and O–H groups in total. The number of aliphatic imine (C=N–C) groups is 1. The zero-order chi connectivity index (χ0) is 48.6. The van der Waals surface area contributed by atoms with E-state index in [0.717, 1.165) is 65.1 Å². The summed E-state index contributed by atoms with van der Waals surface area (Å²) in [4.78, 5) is 75.9. The fraction of sp³-hybridized carbons (Fsp3) is 0.388. The number of rotatable bonds is 13. The average Bonchev–Trinajstić information content (AvgIpc) is 4.09. The molecule has 0 unspecified atom stereocenters. The fourth-order valence-electron chi connectivity index (χ4n) is 8.54. The van der Waals surface area contributed by atoms with Crippen molar-refractivity contribution >= 4 is 58.0 Å². The zero-order valence-corrected chi connectivity index (χ0v) is 41.1. The summed E-state index contributed by atoms with van der Waals surface area (Å²) in [5.74, 6) is -0.221. The number of aryl methyl sites for hydroxylation is 3. The van der Waals surface area contributed by atoms with Crippen LogP contribution in [0.5, 0.6) is 0 Å². The molecule has 5 atom stereocenters. The van der Waals surface area contributed by atoms with Crippen molar-refractivity contribution in [3.8, 4) is 26.6 Å². The minimum absolute atomic E-state index is 0.00812. The van der Waals surface area contributed by atoms with Crippen molar-refractivity contribution < 1.29 is 29.0 Å². The summed E-state index contributed by atoms with van der Waals surface area (Å²) in [6.45, 7) is 15.1. The molecule has 2 aromatic carbocycles. The highest BCUT2D eigenvalue weighted by Crippen LogP contribution is 2.40. The number of aliphatic hydroxyl groups excluding tert-OH is 1. The number of methoxy groups -OCH3 is 1. The van der Waals surface area contributed by atoms with E-state index in [0.29, 0.717) is 11.6 Å². The van der Waals surface area contributed by atoms with Crippen molar-refractivity contribution in [2.75, 3.05) is 25.5 Å². The van der Waals surface area contributed by atoms with Crippen molar-refractivity contribution in [3.63, 3.8) is 0 Å². The number of thiophene rings is 1. The minimum Gasteiger partial charge on any atom is -0.469 e. The Kier molecular flexibility index (Phi) is 13.7. The molecule has 0 bridgehead atoms. The van der Waals surface area contributed by atoms with Crippen LogP contribution >= 0.6 is 22.7 Å². The SMILES string of the molecule is COC(=O)C[C@@H]1N=C(c2ccc(-c3cnc(NCC(=O)N[C@H](C(=O)N4C[C@H](O)C[C@H]4C(=O)N[C@@H](C)c4ccc(-c5scnc5C)cc4)C(C)(C)C)nc3)cc2)c2c(sc(C)c2C)-n2c(C)nnc21. The van der Waals surface area contributed by atoms with Gasteiger partial charge in [0, 0.05) is 46.9 Å². The van der Waals surface area contributed by atoms with Gasteiger partial charge in [-0.2, -0.15) is 0 Å². The summed E-state index contributed by atoms with van der Waals surface area (Å²) < 4.78 is 7.01. The van der Waals surface area contributed by atoms with Crippen LogP contribution in [0.25, 0.3) is 26.6 Å². The minimum atomic E-state index is -1.00. The van der Waals surface area contributed by atoms with Crippen molar-refractivity contribution in [1.82, 2.24) is 45.2 Å². The summed E-state index contributed by atoms with van der Waals surface area (Å²) in [5.41, 5.74) is 9.20. The number of aliphatic hydroxyl groups is 1. The Hall–Kier alpha value is -6.70. The number of β-amino-alcohol motifs (C(OH)–C–C–N with tert-alkyl or cyclic N) is 1. The van der Waals surface area contributed by atoms with E-state index >= 15 is 0 Å². The number of nitrogens with zero attached hydrogens (tertiary/aromatic N) is 8. The van der Waals surface area contributed by atoms with Crippen LogP contribution in [0, 0.1) is 33.1 Å². The second-order valence-corrected chi connectivity index (χ2v) is 20.3. The standard InChI is InChI=1S/C49H55N11O6S2/c1-25-28(4)68-47-40(25)41(55-36(19-39(63)66-9)44-58-57-29(5)60(44)47)32-14-12-31(13-15-32)34-20-50-48(51-21-34)52-22-38(62)56-43(49(6,7)8)46(65)59-23-35(61)18-37(59)45(64)54-26(2)30-10-16-33(17-11-30)42-27(3)53-24-67-42/h10-17,20-21,24,26,35-37,43,61H,18-19,22-23H2,1-9H3,(H,54,64)(H,56,62)(H,50,51,52)/t26-,35+,36-,37-,43+/m0/s1. The van der Waals surface area contributed by atoms with Crippen LogP contribution in [0.1, 0.15) is 97.1 Å². The Bertz CT molecular complexity index is 2880. The van der Waals surface area contributed by atoms with Crippen LogP contribution in [0.4, 0.5) is 5.95 Å². The third kappa shape index (κ3) is 9.82. The molecule has 0 spiro atoms. The summed E-state index contributed by atoms with van der Waals surface area (Å²) in [7, 11) is 1.36. The molecule has 8 rings (SSSR count). The highest BCUT2D eigenvalue weighted by atomic mass is 32.1. The topological polar surface area (TPSA) is 219 Å². The number of nitrogens with one attached hydrogen (secondary N) is 3. The molecule has 17 nitrogen and oxygen atoms in total. The molecular weight excluding hydrogens is 903 g/mol. The van der Waals surface area contributed by atoms with Gasteiger partial charge in [-0.25, -0.2) is 15.0 Å². The number of carbonyl (C=O) groups excluding carboxylic acids is 4. The maximum Gasteiger partial charge on any atom is 0.308 e. The summed E-state index contributed by atoms with van der Waals surface area (Å²) in [6, 6.07) is 12.9. The molecular formula is C49H55N11O6S2. The molecule has 0 aliphatic carbocycles. The third-order valence-electron chi connectivity index (χ3n) is 12.4. The molecule has 1 saturated heterocycles. The van der Waals surface area contributed by atoms with Crippen LogP contribution in [-0.4, -0.2) is 108 Å². The Morgan fingerprint density at radius 1 is 0.897 bits per heavy atom. The molecule has 68 heavy (non-hydrogen) atoms. The van der Waals surface area contributed by atoms with E-state index in [4.69, 9.17) is 9.73 Å².